The van der Waals surface area contributed by atoms with Gasteiger partial charge >= 0.3 is 0 Å². The molecule has 0 amide bonds. The van der Waals surface area contributed by atoms with Crippen LogP contribution in [0.1, 0.15) is 0 Å². The number of nitrogens with zero attached hydrogens (tertiary/aromatic N) is 4. The Morgan fingerprint density at radius 3 is 1.56 bits per heavy atom. The lowest BCUT2D eigenvalue weighted by atomic mass is 9.99. The fourth-order valence-corrected chi connectivity index (χ4v) is 5.62. The highest BCUT2D eigenvalue weighted by Crippen LogP contribution is 2.37. The number of ether oxygens (including phenoxy) is 1. The number of pyridine rings is 1. The summed E-state index contributed by atoms with van der Waals surface area (Å²) in [4.78, 5) is 19.2. The van der Waals surface area contributed by atoms with E-state index in [1.807, 2.05) is 84.9 Å². The van der Waals surface area contributed by atoms with Gasteiger partial charge in [-0.3, -0.25) is 4.98 Å². The molecule has 0 atom stereocenters. The molecule has 0 radical (unpaired) electrons. The molecule has 0 saturated heterocycles. The molecule has 0 bridgehead atoms. The lowest BCUT2D eigenvalue weighted by Crippen LogP contribution is -2.00. The zero-order valence-electron chi connectivity index (χ0n) is 24.4. The molecule has 0 N–H and O–H groups in total. The van der Waals surface area contributed by atoms with E-state index in [1.165, 1.54) is 0 Å². The molecule has 3 heterocycles. The molecule has 3 aromatic heterocycles. The molecule has 0 fully saturated rings. The Labute approximate surface area is 259 Å². The van der Waals surface area contributed by atoms with Gasteiger partial charge in [0.05, 0.1) is 18.2 Å². The summed E-state index contributed by atoms with van der Waals surface area (Å²) >= 11 is 0. The smallest absolute Gasteiger partial charge is 0.164 e. The molecule has 0 aliphatic rings. The Morgan fingerprint density at radius 1 is 0.489 bits per heavy atom. The van der Waals surface area contributed by atoms with E-state index in [-0.39, 0.29) is 0 Å². The lowest BCUT2D eigenvalue weighted by Gasteiger charge is -2.09. The van der Waals surface area contributed by atoms with Crippen molar-refractivity contribution in [1.29, 1.82) is 0 Å². The third-order valence-corrected chi connectivity index (χ3v) is 7.92. The second kappa shape index (κ2) is 11.2. The minimum absolute atomic E-state index is 0.632. The predicted octanol–water partition coefficient (Wildman–Crippen LogP) is 9.51. The number of fused-ring (bicyclic) bond motifs is 3. The zero-order chi connectivity index (χ0) is 30.2. The molecule has 214 valence electrons. The van der Waals surface area contributed by atoms with Gasteiger partial charge in [-0.25, -0.2) is 15.0 Å². The molecule has 6 heteroatoms. The Morgan fingerprint density at radius 2 is 1.00 bits per heavy atom. The third-order valence-electron chi connectivity index (χ3n) is 7.92. The highest BCUT2D eigenvalue weighted by atomic mass is 16.5. The Hall–Kier alpha value is -6.14. The van der Waals surface area contributed by atoms with Crippen molar-refractivity contribution in [1.82, 2.24) is 19.9 Å². The van der Waals surface area contributed by atoms with Crippen molar-refractivity contribution in [2.24, 2.45) is 0 Å². The molecule has 8 rings (SSSR count). The van der Waals surface area contributed by atoms with E-state index in [0.29, 0.717) is 17.5 Å². The van der Waals surface area contributed by atoms with Crippen LogP contribution >= 0.6 is 0 Å². The molecular weight excluding hydrogens is 556 g/mol. The maximum Gasteiger partial charge on any atom is 0.164 e. The molecule has 0 aliphatic heterocycles. The van der Waals surface area contributed by atoms with Crippen molar-refractivity contribution in [3.8, 4) is 62.3 Å². The SMILES string of the molecule is COc1ccc2oc3ccnc(-c4ccc(-c5ccc(-c6nc(-c7ccccc7)nc(-c7ccccc7)n6)cc5)cc4)c3c2c1. The summed E-state index contributed by atoms with van der Waals surface area (Å²) in [5, 5.41) is 1.96. The quantitative estimate of drug-likeness (QED) is 0.194. The summed E-state index contributed by atoms with van der Waals surface area (Å²) in [7, 11) is 1.67. The Bertz CT molecular complexity index is 2220. The summed E-state index contributed by atoms with van der Waals surface area (Å²) in [6.07, 6.45) is 1.79. The second-order valence-corrected chi connectivity index (χ2v) is 10.7. The van der Waals surface area contributed by atoms with Crippen LogP contribution in [0.25, 0.3) is 78.5 Å². The molecule has 6 nitrogen and oxygen atoms in total. The number of rotatable bonds is 6. The van der Waals surface area contributed by atoms with E-state index in [4.69, 9.17) is 29.1 Å². The van der Waals surface area contributed by atoms with Gasteiger partial charge in [-0.1, -0.05) is 109 Å². The first-order valence-corrected chi connectivity index (χ1v) is 14.7. The summed E-state index contributed by atoms with van der Waals surface area (Å²) < 4.78 is 11.6. The molecule has 8 aromatic rings. The maximum absolute atomic E-state index is 6.11. The van der Waals surface area contributed by atoms with Gasteiger partial charge in [0.1, 0.15) is 16.9 Å². The highest BCUT2D eigenvalue weighted by molar-refractivity contribution is 6.11. The van der Waals surface area contributed by atoms with Gasteiger partial charge in [0.15, 0.2) is 17.5 Å². The first kappa shape index (κ1) is 26.5. The van der Waals surface area contributed by atoms with Crippen molar-refractivity contribution < 1.29 is 9.15 Å². The molecular formula is C39H26N4O2. The van der Waals surface area contributed by atoms with Gasteiger partial charge in [-0.2, -0.15) is 0 Å². The van der Waals surface area contributed by atoms with Crippen LogP contribution in [0, 0.1) is 0 Å². The number of methoxy groups -OCH3 is 1. The minimum Gasteiger partial charge on any atom is -0.497 e. The summed E-state index contributed by atoms with van der Waals surface area (Å²) in [6.45, 7) is 0. The average Bonchev–Trinajstić information content (AvgIpc) is 3.50. The van der Waals surface area contributed by atoms with Gasteiger partial charge < -0.3 is 9.15 Å². The number of furan rings is 1. The minimum atomic E-state index is 0.632. The summed E-state index contributed by atoms with van der Waals surface area (Å²) in [5.41, 5.74) is 8.50. The molecule has 45 heavy (non-hydrogen) atoms. The Balaban J connectivity index is 1.13. The van der Waals surface area contributed by atoms with E-state index < -0.39 is 0 Å². The highest BCUT2D eigenvalue weighted by Gasteiger charge is 2.15. The molecule has 5 aromatic carbocycles. The van der Waals surface area contributed by atoms with Crippen molar-refractivity contribution in [2.75, 3.05) is 7.11 Å². The number of hydrogen-bond donors (Lipinski definition) is 0. The maximum atomic E-state index is 6.11. The Kier molecular flexibility index (Phi) is 6.57. The second-order valence-electron chi connectivity index (χ2n) is 10.7. The van der Waals surface area contributed by atoms with Crippen LogP contribution in [0.3, 0.4) is 0 Å². The molecule has 0 aliphatic carbocycles. The lowest BCUT2D eigenvalue weighted by molar-refractivity contribution is 0.415. The molecule has 0 unspecified atom stereocenters. The van der Waals surface area contributed by atoms with E-state index in [2.05, 4.69) is 48.5 Å². The van der Waals surface area contributed by atoms with Crippen LogP contribution < -0.4 is 4.74 Å². The number of hydrogen-bond acceptors (Lipinski definition) is 6. The van der Waals surface area contributed by atoms with E-state index in [0.717, 1.165) is 66.8 Å². The van der Waals surface area contributed by atoms with Crippen LogP contribution in [0.4, 0.5) is 0 Å². The first-order valence-electron chi connectivity index (χ1n) is 14.7. The average molecular weight is 583 g/mol. The van der Waals surface area contributed by atoms with Gasteiger partial charge in [0, 0.05) is 33.8 Å². The fourth-order valence-electron chi connectivity index (χ4n) is 5.62. The van der Waals surface area contributed by atoms with Gasteiger partial charge in [-0.15, -0.1) is 0 Å². The predicted molar refractivity (Wildman–Crippen MR) is 179 cm³/mol. The van der Waals surface area contributed by atoms with E-state index in [9.17, 15) is 0 Å². The summed E-state index contributed by atoms with van der Waals surface area (Å²) in [5.74, 6) is 2.70. The standard InChI is InChI=1S/C39H26N4O2/c1-44-31-20-21-33-32(24-31)35-34(45-33)22-23-40-36(35)27-16-12-25(13-17-27)26-14-18-30(19-15-26)39-42-37(28-8-4-2-5-9-28)41-38(43-39)29-10-6-3-7-11-29/h2-24H,1H3. The van der Waals surface area contributed by atoms with Crippen LogP contribution in [0.15, 0.2) is 144 Å². The monoisotopic (exact) mass is 582 g/mol. The van der Waals surface area contributed by atoms with Crippen molar-refractivity contribution in [3.63, 3.8) is 0 Å². The van der Waals surface area contributed by atoms with Gasteiger partial charge in [0.2, 0.25) is 0 Å². The van der Waals surface area contributed by atoms with Crippen molar-refractivity contribution >= 4 is 21.9 Å². The number of aromatic nitrogens is 4. The van der Waals surface area contributed by atoms with Crippen LogP contribution in [0.2, 0.25) is 0 Å². The van der Waals surface area contributed by atoms with Crippen LogP contribution in [-0.2, 0) is 0 Å². The van der Waals surface area contributed by atoms with Crippen molar-refractivity contribution in [2.45, 2.75) is 0 Å². The first-order chi connectivity index (χ1) is 22.2. The van der Waals surface area contributed by atoms with Crippen LogP contribution in [0.5, 0.6) is 5.75 Å². The largest absolute Gasteiger partial charge is 0.497 e. The topological polar surface area (TPSA) is 73.9 Å². The molecule has 0 saturated carbocycles. The van der Waals surface area contributed by atoms with Gasteiger partial charge in [-0.05, 0) is 35.4 Å². The molecule has 0 spiro atoms. The number of benzene rings is 5. The normalized spacial score (nSPS) is 11.2. The van der Waals surface area contributed by atoms with Crippen molar-refractivity contribution in [3.05, 3.63) is 140 Å². The zero-order valence-corrected chi connectivity index (χ0v) is 24.4. The third kappa shape index (κ3) is 4.98. The van der Waals surface area contributed by atoms with E-state index >= 15 is 0 Å². The van der Waals surface area contributed by atoms with E-state index in [1.54, 1.807) is 13.3 Å². The van der Waals surface area contributed by atoms with Crippen LogP contribution in [-0.4, -0.2) is 27.0 Å². The fraction of sp³-hybridized carbons (Fsp3) is 0.0256. The summed E-state index contributed by atoms with van der Waals surface area (Å²) in [6, 6.07) is 44.6. The van der Waals surface area contributed by atoms with Gasteiger partial charge in [0.25, 0.3) is 0 Å².